The van der Waals surface area contributed by atoms with Crippen LogP contribution in [0, 0.1) is 6.92 Å². The van der Waals surface area contributed by atoms with E-state index in [0.717, 1.165) is 0 Å². The molecule has 0 atom stereocenters. The van der Waals surface area contributed by atoms with Gasteiger partial charge < -0.3 is 14.8 Å². The van der Waals surface area contributed by atoms with E-state index in [-0.39, 0.29) is 12.5 Å². The SMILES string of the molecule is COCCNC(=O)COc1cc(-n2cccn2)nc(C)n1. The number of nitrogens with one attached hydrogen (secondary N) is 1. The van der Waals surface area contributed by atoms with Gasteiger partial charge in [-0.15, -0.1) is 0 Å². The lowest BCUT2D eigenvalue weighted by Gasteiger charge is -2.08. The van der Waals surface area contributed by atoms with Crippen molar-refractivity contribution < 1.29 is 14.3 Å². The first-order valence-corrected chi connectivity index (χ1v) is 6.43. The summed E-state index contributed by atoms with van der Waals surface area (Å²) in [6, 6.07) is 3.42. The van der Waals surface area contributed by atoms with Crippen molar-refractivity contribution in [3.63, 3.8) is 0 Å². The minimum atomic E-state index is -0.232. The van der Waals surface area contributed by atoms with Crippen LogP contribution in [0.1, 0.15) is 5.82 Å². The van der Waals surface area contributed by atoms with Crippen molar-refractivity contribution in [1.82, 2.24) is 25.1 Å². The Morgan fingerprint density at radius 3 is 3.00 bits per heavy atom. The molecule has 2 heterocycles. The number of amides is 1. The summed E-state index contributed by atoms with van der Waals surface area (Å²) in [5, 5.41) is 6.75. The van der Waals surface area contributed by atoms with Crippen molar-refractivity contribution in [2.45, 2.75) is 6.92 Å². The summed E-state index contributed by atoms with van der Waals surface area (Å²) in [4.78, 5) is 19.9. The van der Waals surface area contributed by atoms with Crippen LogP contribution in [-0.4, -0.2) is 52.5 Å². The highest BCUT2D eigenvalue weighted by Crippen LogP contribution is 2.12. The largest absolute Gasteiger partial charge is 0.467 e. The van der Waals surface area contributed by atoms with Crippen LogP contribution in [0.4, 0.5) is 0 Å². The molecule has 8 nitrogen and oxygen atoms in total. The van der Waals surface area contributed by atoms with Gasteiger partial charge in [0.2, 0.25) is 5.88 Å². The smallest absolute Gasteiger partial charge is 0.258 e. The predicted octanol–water partition coefficient (Wildman–Crippen LogP) is 0.112. The summed E-state index contributed by atoms with van der Waals surface area (Å²) in [5.41, 5.74) is 0. The van der Waals surface area contributed by atoms with Crippen molar-refractivity contribution >= 4 is 5.91 Å². The summed E-state index contributed by atoms with van der Waals surface area (Å²) in [6.07, 6.45) is 3.42. The van der Waals surface area contributed by atoms with Crippen LogP contribution in [0.25, 0.3) is 5.82 Å². The van der Waals surface area contributed by atoms with Gasteiger partial charge in [0.25, 0.3) is 5.91 Å². The van der Waals surface area contributed by atoms with Crippen molar-refractivity contribution in [2.24, 2.45) is 0 Å². The third kappa shape index (κ3) is 4.53. The predicted molar refractivity (Wildman–Crippen MR) is 74.3 cm³/mol. The first-order chi connectivity index (χ1) is 10.2. The van der Waals surface area contributed by atoms with Gasteiger partial charge in [-0.2, -0.15) is 10.1 Å². The van der Waals surface area contributed by atoms with E-state index in [1.54, 1.807) is 43.2 Å². The third-order valence-electron chi connectivity index (χ3n) is 2.52. The van der Waals surface area contributed by atoms with Crippen molar-refractivity contribution in [2.75, 3.05) is 26.9 Å². The molecule has 0 bridgehead atoms. The third-order valence-corrected chi connectivity index (χ3v) is 2.52. The molecule has 0 aromatic carbocycles. The average Bonchev–Trinajstić information content (AvgIpc) is 2.99. The second kappa shape index (κ2) is 7.34. The highest BCUT2D eigenvalue weighted by molar-refractivity contribution is 5.77. The van der Waals surface area contributed by atoms with Crippen LogP contribution >= 0.6 is 0 Å². The van der Waals surface area contributed by atoms with E-state index in [4.69, 9.17) is 9.47 Å². The molecule has 1 N–H and O–H groups in total. The van der Waals surface area contributed by atoms with Gasteiger partial charge >= 0.3 is 0 Å². The second-order valence-electron chi connectivity index (χ2n) is 4.19. The topological polar surface area (TPSA) is 91.2 Å². The van der Waals surface area contributed by atoms with Crippen LogP contribution in [0.3, 0.4) is 0 Å². The van der Waals surface area contributed by atoms with Crippen molar-refractivity contribution in [3.05, 3.63) is 30.4 Å². The Kier molecular flexibility index (Phi) is 5.22. The van der Waals surface area contributed by atoms with Gasteiger partial charge in [-0.3, -0.25) is 4.79 Å². The molecule has 0 fully saturated rings. The minimum absolute atomic E-state index is 0.112. The van der Waals surface area contributed by atoms with Crippen LogP contribution in [0.15, 0.2) is 24.5 Å². The molecule has 0 unspecified atom stereocenters. The number of aryl methyl sites for hydroxylation is 1. The molecule has 8 heteroatoms. The molecule has 0 aliphatic rings. The highest BCUT2D eigenvalue weighted by atomic mass is 16.5. The standard InChI is InChI=1S/C13H17N5O3/c1-10-16-11(18-6-3-4-15-18)8-13(17-10)21-9-12(19)14-5-7-20-2/h3-4,6,8H,5,7,9H2,1-2H3,(H,14,19). The zero-order valence-corrected chi connectivity index (χ0v) is 11.9. The lowest BCUT2D eigenvalue weighted by Crippen LogP contribution is -2.31. The van der Waals surface area contributed by atoms with Gasteiger partial charge in [-0.1, -0.05) is 0 Å². The Hall–Kier alpha value is -2.48. The molecule has 0 spiro atoms. The molecule has 2 aromatic rings. The van der Waals surface area contributed by atoms with Gasteiger partial charge in [0, 0.05) is 32.1 Å². The molecule has 2 rings (SSSR count). The Balaban J connectivity index is 1.96. The van der Waals surface area contributed by atoms with Crippen LogP contribution in [0.2, 0.25) is 0 Å². The van der Waals surface area contributed by atoms with Gasteiger partial charge in [-0.05, 0) is 13.0 Å². The average molecular weight is 291 g/mol. The monoisotopic (exact) mass is 291 g/mol. The summed E-state index contributed by atoms with van der Waals surface area (Å²) in [6.45, 7) is 2.54. The summed E-state index contributed by atoms with van der Waals surface area (Å²) < 4.78 is 11.8. The second-order valence-corrected chi connectivity index (χ2v) is 4.19. The van der Waals surface area contributed by atoms with E-state index in [0.29, 0.717) is 30.7 Å². The highest BCUT2D eigenvalue weighted by Gasteiger charge is 2.07. The van der Waals surface area contributed by atoms with Gasteiger partial charge in [-0.25, -0.2) is 9.67 Å². The first kappa shape index (κ1) is 14.9. The van der Waals surface area contributed by atoms with E-state index < -0.39 is 0 Å². The number of hydrogen-bond donors (Lipinski definition) is 1. The molecule has 0 saturated carbocycles. The molecule has 0 aliphatic heterocycles. The number of nitrogens with zero attached hydrogens (tertiary/aromatic N) is 4. The zero-order chi connectivity index (χ0) is 15.1. The molecule has 1 amide bonds. The fourth-order valence-electron chi connectivity index (χ4n) is 1.60. The summed E-state index contributed by atoms with van der Waals surface area (Å²) in [5.74, 6) is 1.22. The molecule has 0 aliphatic carbocycles. The van der Waals surface area contributed by atoms with Crippen LogP contribution < -0.4 is 10.1 Å². The van der Waals surface area contributed by atoms with Gasteiger partial charge in [0.05, 0.1) is 6.61 Å². The molecule has 0 saturated heterocycles. The Bertz CT molecular complexity index is 585. The molecular weight excluding hydrogens is 274 g/mol. The molecule has 0 radical (unpaired) electrons. The normalized spacial score (nSPS) is 10.4. The quantitative estimate of drug-likeness (QED) is 0.728. The first-order valence-electron chi connectivity index (χ1n) is 6.43. The summed E-state index contributed by atoms with van der Waals surface area (Å²) >= 11 is 0. The van der Waals surface area contributed by atoms with E-state index in [1.165, 1.54) is 0 Å². The molecule has 112 valence electrons. The maximum Gasteiger partial charge on any atom is 0.258 e. The zero-order valence-electron chi connectivity index (χ0n) is 11.9. The van der Waals surface area contributed by atoms with Crippen molar-refractivity contribution in [3.8, 4) is 11.7 Å². The van der Waals surface area contributed by atoms with E-state index in [2.05, 4.69) is 20.4 Å². The maximum absolute atomic E-state index is 11.5. The van der Waals surface area contributed by atoms with Crippen molar-refractivity contribution in [1.29, 1.82) is 0 Å². The van der Waals surface area contributed by atoms with E-state index in [9.17, 15) is 4.79 Å². The Morgan fingerprint density at radius 2 is 2.29 bits per heavy atom. The Morgan fingerprint density at radius 1 is 1.43 bits per heavy atom. The van der Waals surface area contributed by atoms with Crippen LogP contribution in [0.5, 0.6) is 5.88 Å². The fraction of sp³-hybridized carbons (Fsp3) is 0.385. The Labute approximate surface area is 122 Å². The lowest BCUT2D eigenvalue weighted by atomic mass is 10.5. The number of hydrogen-bond acceptors (Lipinski definition) is 6. The van der Waals surface area contributed by atoms with Gasteiger partial charge in [0.15, 0.2) is 12.4 Å². The number of methoxy groups -OCH3 is 1. The van der Waals surface area contributed by atoms with E-state index in [1.807, 2.05) is 0 Å². The van der Waals surface area contributed by atoms with Gasteiger partial charge in [0.1, 0.15) is 5.82 Å². The number of carbonyl (C=O) groups is 1. The summed E-state index contributed by atoms with van der Waals surface area (Å²) in [7, 11) is 1.57. The number of carbonyl (C=O) groups excluding carboxylic acids is 1. The lowest BCUT2D eigenvalue weighted by molar-refractivity contribution is -0.123. The van der Waals surface area contributed by atoms with Crippen LogP contribution in [-0.2, 0) is 9.53 Å². The fourth-order valence-corrected chi connectivity index (χ4v) is 1.60. The molecule has 21 heavy (non-hydrogen) atoms. The van der Waals surface area contributed by atoms with E-state index >= 15 is 0 Å². The minimum Gasteiger partial charge on any atom is -0.467 e. The maximum atomic E-state index is 11.5. The molecular formula is C13H17N5O3. The number of rotatable bonds is 7. The number of aromatic nitrogens is 4. The molecule has 2 aromatic heterocycles. The number of ether oxygens (including phenoxy) is 2.